The Balaban J connectivity index is 2.19. The van der Waals surface area contributed by atoms with Crippen molar-refractivity contribution in [1.82, 2.24) is 10.1 Å². The summed E-state index contributed by atoms with van der Waals surface area (Å²) in [6.07, 6.45) is 0. The number of fused-ring (bicyclic) bond motifs is 1. The number of amides is 1. The summed E-state index contributed by atoms with van der Waals surface area (Å²) in [7, 11) is 3.15. The molecule has 8 nitrogen and oxygen atoms in total. The third-order valence-corrected chi connectivity index (χ3v) is 3.05. The van der Waals surface area contributed by atoms with E-state index in [2.05, 4.69) is 9.79 Å². The summed E-state index contributed by atoms with van der Waals surface area (Å²) >= 11 is 0. The first-order valence-electron chi connectivity index (χ1n) is 6.44. The summed E-state index contributed by atoms with van der Waals surface area (Å²) in [5.41, 5.74) is 1.06. The lowest BCUT2D eigenvalue weighted by molar-refractivity contribution is -0.782. The summed E-state index contributed by atoms with van der Waals surface area (Å²) in [5, 5.41) is 14.8. The summed E-state index contributed by atoms with van der Waals surface area (Å²) in [6, 6.07) is 4.61. The minimum Gasteiger partial charge on any atom is -0.383 e. The number of nitrogens with zero attached hydrogens (tertiary/aromatic N) is 3. The molecule has 21 heavy (non-hydrogen) atoms. The zero-order valence-electron chi connectivity index (χ0n) is 11.9. The van der Waals surface area contributed by atoms with E-state index in [0.29, 0.717) is 42.3 Å². The predicted molar refractivity (Wildman–Crippen MR) is 72.6 cm³/mol. The highest BCUT2D eigenvalue weighted by atomic mass is 16.8. The molecule has 0 spiro atoms. The number of rotatable bonds is 7. The Morgan fingerprint density at radius 2 is 2.00 bits per heavy atom. The minimum atomic E-state index is -0.175. The first kappa shape index (κ1) is 15.2. The van der Waals surface area contributed by atoms with E-state index < -0.39 is 0 Å². The molecular formula is C13H17N3O5. The van der Waals surface area contributed by atoms with E-state index in [1.165, 1.54) is 12.1 Å². The van der Waals surface area contributed by atoms with Gasteiger partial charge in [-0.2, -0.15) is 0 Å². The zero-order valence-corrected chi connectivity index (χ0v) is 11.9. The molecule has 0 aliphatic carbocycles. The minimum absolute atomic E-state index is 0.175. The van der Waals surface area contributed by atoms with Crippen molar-refractivity contribution < 1.29 is 23.8 Å². The number of hydrogen-bond donors (Lipinski definition) is 0. The van der Waals surface area contributed by atoms with E-state index >= 15 is 0 Å². The standard InChI is InChI=1S/C13H17N3O5/c1-19-7-5-15(6-8-20-2)13(17)10-3-4-12-11(9-10)14-21-16(12)18/h3-4,9H,5-8H2,1-2H3. The third kappa shape index (κ3) is 3.47. The number of benzene rings is 1. The van der Waals surface area contributed by atoms with E-state index in [1.54, 1.807) is 25.2 Å². The van der Waals surface area contributed by atoms with Crippen LogP contribution in [0.1, 0.15) is 10.4 Å². The van der Waals surface area contributed by atoms with Crippen LogP contribution in [0.3, 0.4) is 0 Å². The van der Waals surface area contributed by atoms with E-state index in [-0.39, 0.29) is 11.4 Å². The molecule has 0 aliphatic heterocycles. The van der Waals surface area contributed by atoms with Gasteiger partial charge in [-0.05, 0) is 17.0 Å². The lowest BCUT2D eigenvalue weighted by atomic mass is 10.1. The van der Waals surface area contributed by atoms with Gasteiger partial charge in [0.05, 0.1) is 13.2 Å². The smallest absolute Gasteiger partial charge is 0.254 e. The first-order valence-corrected chi connectivity index (χ1v) is 6.44. The lowest BCUT2D eigenvalue weighted by Gasteiger charge is -2.21. The Hall–Kier alpha value is -2.19. The van der Waals surface area contributed by atoms with Crippen molar-refractivity contribution in [2.24, 2.45) is 0 Å². The second kappa shape index (κ2) is 7.00. The van der Waals surface area contributed by atoms with Gasteiger partial charge >= 0.3 is 0 Å². The van der Waals surface area contributed by atoms with E-state index in [4.69, 9.17) is 9.47 Å². The average Bonchev–Trinajstić information content (AvgIpc) is 2.88. The lowest BCUT2D eigenvalue weighted by Crippen LogP contribution is -2.36. The quantitative estimate of drug-likeness (QED) is 0.677. The molecule has 2 rings (SSSR count). The molecule has 0 fully saturated rings. The van der Waals surface area contributed by atoms with E-state index in [9.17, 15) is 10.0 Å². The number of ether oxygens (including phenoxy) is 2. The molecule has 0 aliphatic rings. The Morgan fingerprint density at radius 3 is 2.62 bits per heavy atom. The summed E-state index contributed by atoms with van der Waals surface area (Å²) < 4.78 is 14.5. The molecule has 1 amide bonds. The van der Waals surface area contributed by atoms with Crippen LogP contribution in [-0.2, 0) is 9.47 Å². The van der Waals surface area contributed by atoms with E-state index in [1.807, 2.05) is 0 Å². The molecule has 114 valence electrons. The van der Waals surface area contributed by atoms with Gasteiger partial charge < -0.3 is 19.6 Å². The van der Waals surface area contributed by atoms with Crippen molar-refractivity contribution in [3.63, 3.8) is 0 Å². The highest BCUT2D eigenvalue weighted by Crippen LogP contribution is 2.12. The number of hydrogen-bond acceptors (Lipinski definition) is 6. The fourth-order valence-corrected chi connectivity index (χ4v) is 1.91. The van der Waals surface area contributed by atoms with Gasteiger partial charge in [-0.15, -0.1) is 0 Å². The third-order valence-electron chi connectivity index (χ3n) is 3.05. The topological polar surface area (TPSA) is 91.7 Å². The molecule has 8 heteroatoms. The van der Waals surface area contributed by atoms with Gasteiger partial charge in [-0.3, -0.25) is 9.42 Å². The van der Waals surface area contributed by atoms with E-state index in [0.717, 1.165) is 0 Å². The van der Waals surface area contributed by atoms with Gasteiger partial charge in [-0.1, -0.05) is 0 Å². The van der Waals surface area contributed by atoms with Gasteiger partial charge in [0.15, 0.2) is 0 Å². The first-order chi connectivity index (χ1) is 10.2. The highest BCUT2D eigenvalue weighted by Gasteiger charge is 2.18. The fraction of sp³-hybridized carbons (Fsp3) is 0.462. The molecule has 0 bridgehead atoms. The largest absolute Gasteiger partial charge is 0.383 e. The average molecular weight is 295 g/mol. The van der Waals surface area contributed by atoms with Crippen molar-refractivity contribution in [3.8, 4) is 0 Å². The molecule has 0 N–H and O–H groups in total. The summed E-state index contributed by atoms with van der Waals surface area (Å²) in [4.78, 5) is 14.4. The molecule has 1 heterocycles. The van der Waals surface area contributed by atoms with Crippen LogP contribution in [0.4, 0.5) is 0 Å². The molecule has 1 aromatic carbocycles. The molecule has 0 radical (unpaired) electrons. The van der Waals surface area contributed by atoms with Crippen molar-refractivity contribution in [2.45, 2.75) is 0 Å². The van der Waals surface area contributed by atoms with Crippen LogP contribution >= 0.6 is 0 Å². The maximum Gasteiger partial charge on any atom is 0.254 e. The Kier molecular flexibility index (Phi) is 5.07. The second-order valence-corrected chi connectivity index (χ2v) is 4.41. The van der Waals surface area contributed by atoms with Crippen molar-refractivity contribution >= 4 is 16.9 Å². The van der Waals surface area contributed by atoms with Gasteiger partial charge in [0, 0.05) is 44.1 Å². The SMILES string of the molecule is COCCN(CCOC)C(=O)c1ccc2c(c1)no[n+]2[O-]. The van der Waals surface area contributed by atoms with Crippen LogP contribution in [0.25, 0.3) is 11.0 Å². The van der Waals surface area contributed by atoms with Crippen LogP contribution in [0, 0.1) is 5.21 Å². The molecular weight excluding hydrogens is 278 g/mol. The Labute approximate surface area is 121 Å². The van der Waals surface area contributed by atoms with Gasteiger partial charge in [-0.25, -0.2) is 0 Å². The number of carbonyl (C=O) groups excluding carboxylic acids is 1. The number of methoxy groups -OCH3 is 2. The Bertz CT molecular complexity index is 605. The van der Waals surface area contributed by atoms with Crippen LogP contribution in [0.5, 0.6) is 0 Å². The fourth-order valence-electron chi connectivity index (χ4n) is 1.91. The second-order valence-electron chi connectivity index (χ2n) is 4.41. The Morgan fingerprint density at radius 1 is 1.33 bits per heavy atom. The van der Waals surface area contributed by atoms with Crippen LogP contribution in [0.2, 0.25) is 0 Å². The summed E-state index contributed by atoms with van der Waals surface area (Å²) in [5.74, 6) is -0.175. The maximum atomic E-state index is 12.5. The van der Waals surface area contributed by atoms with Crippen molar-refractivity contribution in [1.29, 1.82) is 0 Å². The number of carbonyl (C=O) groups is 1. The van der Waals surface area contributed by atoms with Crippen LogP contribution in [0.15, 0.2) is 22.8 Å². The molecule has 1 aromatic heterocycles. The summed E-state index contributed by atoms with van der Waals surface area (Å²) in [6.45, 7) is 1.78. The normalized spacial score (nSPS) is 11.0. The molecule has 2 aromatic rings. The number of aromatic nitrogens is 2. The molecule has 0 atom stereocenters. The van der Waals surface area contributed by atoms with Gasteiger partial charge in [0.25, 0.3) is 5.91 Å². The monoisotopic (exact) mass is 295 g/mol. The van der Waals surface area contributed by atoms with Gasteiger partial charge in [0.1, 0.15) is 0 Å². The van der Waals surface area contributed by atoms with Crippen LogP contribution in [-0.4, -0.2) is 56.5 Å². The molecule has 0 saturated carbocycles. The van der Waals surface area contributed by atoms with Gasteiger partial charge in [0.2, 0.25) is 11.0 Å². The highest BCUT2D eigenvalue weighted by molar-refractivity contribution is 5.96. The predicted octanol–water partition coefficient (Wildman–Crippen LogP) is 0.196. The molecule has 0 saturated heterocycles. The van der Waals surface area contributed by atoms with Crippen LogP contribution < -0.4 is 4.90 Å². The molecule has 0 unspecified atom stereocenters. The van der Waals surface area contributed by atoms with Crippen molar-refractivity contribution in [2.75, 3.05) is 40.5 Å². The zero-order chi connectivity index (χ0) is 15.2. The van der Waals surface area contributed by atoms with Crippen molar-refractivity contribution in [3.05, 3.63) is 29.0 Å². The maximum absolute atomic E-state index is 12.5.